The van der Waals surface area contributed by atoms with Crippen LogP contribution in [0.3, 0.4) is 0 Å². The minimum absolute atomic E-state index is 0.170. The van der Waals surface area contributed by atoms with Crippen LogP contribution in [0.25, 0.3) is 0 Å². The largest absolute Gasteiger partial charge is 0.494 e. The number of fused-ring (bicyclic) bond motifs is 3. The molecular weight excluding hydrogens is 366 g/mol. The third-order valence-corrected chi connectivity index (χ3v) is 5.47. The van der Waals surface area contributed by atoms with Gasteiger partial charge in [0.05, 0.1) is 18.8 Å². The fourth-order valence-electron chi connectivity index (χ4n) is 3.91. The number of nitrogens with one attached hydrogen (secondary N) is 1. The highest BCUT2D eigenvalue weighted by Gasteiger charge is 2.39. The molecule has 0 aliphatic carbocycles. The minimum atomic E-state index is 0.170. The monoisotopic (exact) mass is 387 g/mol. The predicted octanol–water partition coefficient (Wildman–Crippen LogP) is 5.48. The minimum Gasteiger partial charge on any atom is -0.494 e. The fraction of sp³-hybridized carbons (Fsp3) is 0.400. The Kier molecular flexibility index (Phi) is 4.51. The Morgan fingerprint density at radius 2 is 2.04 bits per heavy atom. The van der Waals surface area contributed by atoms with E-state index in [4.69, 9.17) is 9.47 Å². The van der Waals surface area contributed by atoms with Crippen LogP contribution in [0.1, 0.15) is 43.0 Å². The van der Waals surface area contributed by atoms with Crippen LogP contribution < -0.4 is 10.1 Å². The maximum absolute atomic E-state index is 6.19. The maximum atomic E-state index is 6.19. The predicted molar refractivity (Wildman–Crippen MR) is 99.5 cm³/mol. The zero-order valence-electron chi connectivity index (χ0n) is 13.8. The first-order valence-corrected chi connectivity index (χ1v) is 9.46. The molecule has 2 heterocycles. The number of ether oxygens (including phenoxy) is 2. The highest BCUT2D eigenvalue weighted by atomic mass is 79.9. The molecule has 0 radical (unpaired) electrons. The summed E-state index contributed by atoms with van der Waals surface area (Å²) in [7, 11) is 0. The van der Waals surface area contributed by atoms with E-state index in [-0.39, 0.29) is 12.1 Å². The lowest BCUT2D eigenvalue weighted by Gasteiger charge is -2.43. The molecular formula is C20H22BrNO2. The standard InChI is InChI=1S/C20H22BrNO2/c1-2-23-15-8-5-13(6-9-15)19-16-4-3-11-24-20(16)17-12-14(21)7-10-18(17)22-19/h5-10,12,16,19-20,22H,2-4,11H2,1H3/t16-,19-,20-/m0/s1. The van der Waals surface area contributed by atoms with Crippen LogP contribution in [0.4, 0.5) is 5.69 Å². The lowest BCUT2D eigenvalue weighted by atomic mass is 9.77. The molecule has 1 fully saturated rings. The van der Waals surface area contributed by atoms with Gasteiger partial charge in [-0.05, 0) is 55.7 Å². The zero-order valence-corrected chi connectivity index (χ0v) is 15.4. The van der Waals surface area contributed by atoms with Crippen molar-refractivity contribution in [3.63, 3.8) is 0 Å². The van der Waals surface area contributed by atoms with Gasteiger partial charge in [0.2, 0.25) is 0 Å². The molecule has 4 heteroatoms. The summed E-state index contributed by atoms with van der Waals surface area (Å²) in [5, 5.41) is 3.75. The molecule has 0 saturated carbocycles. The summed E-state index contributed by atoms with van der Waals surface area (Å²) < 4.78 is 12.9. The first-order chi connectivity index (χ1) is 11.8. The van der Waals surface area contributed by atoms with Gasteiger partial charge in [-0.25, -0.2) is 0 Å². The third kappa shape index (κ3) is 2.93. The number of halogens is 1. The van der Waals surface area contributed by atoms with Gasteiger partial charge in [-0.3, -0.25) is 0 Å². The Morgan fingerprint density at radius 3 is 2.83 bits per heavy atom. The number of anilines is 1. The van der Waals surface area contributed by atoms with Crippen molar-refractivity contribution in [1.29, 1.82) is 0 Å². The van der Waals surface area contributed by atoms with Crippen LogP contribution in [0.2, 0.25) is 0 Å². The van der Waals surface area contributed by atoms with Gasteiger partial charge in [-0.2, -0.15) is 0 Å². The van der Waals surface area contributed by atoms with Crippen molar-refractivity contribution in [3.8, 4) is 5.75 Å². The summed E-state index contributed by atoms with van der Waals surface area (Å²) in [6.45, 7) is 3.56. The Morgan fingerprint density at radius 1 is 1.21 bits per heavy atom. The van der Waals surface area contributed by atoms with Gasteiger partial charge in [0, 0.05) is 28.2 Å². The van der Waals surface area contributed by atoms with Gasteiger partial charge in [-0.15, -0.1) is 0 Å². The molecule has 0 aromatic heterocycles. The van der Waals surface area contributed by atoms with Crippen LogP contribution in [0.5, 0.6) is 5.75 Å². The third-order valence-electron chi connectivity index (χ3n) is 4.98. The average molecular weight is 388 g/mol. The lowest BCUT2D eigenvalue weighted by molar-refractivity contribution is -0.0381. The van der Waals surface area contributed by atoms with Gasteiger partial charge >= 0.3 is 0 Å². The highest BCUT2D eigenvalue weighted by Crippen LogP contribution is 2.49. The van der Waals surface area contributed by atoms with Crippen LogP contribution in [-0.2, 0) is 4.74 Å². The molecule has 3 nitrogen and oxygen atoms in total. The summed E-state index contributed by atoms with van der Waals surface area (Å²) in [6.07, 6.45) is 2.48. The molecule has 4 rings (SSSR count). The van der Waals surface area contributed by atoms with E-state index in [1.54, 1.807) is 0 Å². The molecule has 2 aromatic carbocycles. The van der Waals surface area contributed by atoms with Crippen molar-refractivity contribution >= 4 is 21.6 Å². The summed E-state index contributed by atoms with van der Waals surface area (Å²) in [5.74, 6) is 1.39. The molecule has 0 bridgehead atoms. The summed E-state index contributed by atoms with van der Waals surface area (Å²) in [5.41, 5.74) is 3.75. The zero-order chi connectivity index (χ0) is 16.5. The van der Waals surface area contributed by atoms with Crippen LogP contribution in [0.15, 0.2) is 46.9 Å². The van der Waals surface area contributed by atoms with Crippen LogP contribution >= 0.6 is 15.9 Å². The van der Waals surface area contributed by atoms with E-state index in [9.17, 15) is 0 Å². The molecule has 1 saturated heterocycles. The molecule has 126 valence electrons. The second-order valence-electron chi connectivity index (χ2n) is 6.45. The number of benzene rings is 2. The topological polar surface area (TPSA) is 30.5 Å². The molecule has 2 aromatic rings. The van der Waals surface area contributed by atoms with Gasteiger partial charge in [0.15, 0.2) is 0 Å². The van der Waals surface area contributed by atoms with Gasteiger partial charge in [-0.1, -0.05) is 28.1 Å². The molecule has 0 unspecified atom stereocenters. The quantitative estimate of drug-likeness (QED) is 0.755. The Labute approximate surface area is 151 Å². The summed E-state index contributed by atoms with van der Waals surface area (Å²) >= 11 is 3.59. The van der Waals surface area contributed by atoms with Crippen molar-refractivity contribution in [3.05, 3.63) is 58.1 Å². The molecule has 2 aliphatic heterocycles. The van der Waals surface area contributed by atoms with Gasteiger partial charge < -0.3 is 14.8 Å². The van der Waals surface area contributed by atoms with Crippen molar-refractivity contribution in [1.82, 2.24) is 0 Å². The Hall–Kier alpha value is -1.52. The van der Waals surface area contributed by atoms with E-state index in [1.165, 1.54) is 23.2 Å². The lowest BCUT2D eigenvalue weighted by Crippen LogP contribution is -2.35. The SMILES string of the molecule is CCOc1ccc([C@@H]2Nc3ccc(Br)cc3[C@H]3OCCC[C@H]32)cc1. The van der Waals surface area contributed by atoms with Crippen LogP contribution in [-0.4, -0.2) is 13.2 Å². The molecule has 0 spiro atoms. The summed E-state index contributed by atoms with van der Waals surface area (Å²) in [4.78, 5) is 0. The fourth-order valence-corrected chi connectivity index (χ4v) is 4.29. The second kappa shape index (κ2) is 6.77. The molecule has 0 amide bonds. The van der Waals surface area contributed by atoms with Crippen molar-refractivity contribution < 1.29 is 9.47 Å². The van der Waals surface area contributed by atoms with Crippen LogP contribution in [0, 0.1) is 5.92 Å². The maximum Gasteiger partial charge on any atom is 0.119 e. The normalized spacial score (nSPS) is 25.3. The van der Waals surface area contributed by atoms with Crippen molar-refractivity contribution in [2.24, 2.45) is 5.92 Å². The molecule has 3 atom stereocenters. The smallest absolute Gasteiger partial charge is 0.119 e. The van der Waals surface area contributed by atoms with E-state index in [0.717, 1.165) is 23.2 Å². The van der Waals surface area contributed by atoms with E-state index in [1.807, 2.05) is 6.92 Å². The highest BCUT2D eigenvalue weighted by molar-refractivity contribution is 9.10. The number of rotatable bonds is 3. The Bertz CT molecular complexity index is 716. The molecule has 2 aliphatic rings. The first-order valence-electron chi connectivity index (χ1n) is 8.66. The first kappa shape index (κ1) is 16.0. The van der Waals surface area contributed by atoms with E-state index in [0.29, 0.717) is 12.5 Å². The van der Waals surface area contributed by atoms with Gasteiger partial charge in [0.1, 0.15) is 5.75 Å². The number of hydrogen-bond acceptors (Lipinski definition) is 3. The number of hydrogen-bond donors (Lipinski definition) is 1. The van der Waals surface area contributed by atoms with E-state index in [2.05, 4.69) is 63.7 Å². The average Bonchev–Trinajstić information content (AvgIpc) is 2.62. The van der Waals surface area contributed by atoms with E-state index >= 15 is 0 Å². The van der Waals surface area contributed by atoms with Gasteiger partial charge in [0.25, 0.3) is 0 Å². The Balaban J connectivity index is 1.69. The van der Waals surface area contributed by atoms with E-state index < -0.39 is 0 Å². The summed E-state index contributed by atoms with van der Waals surface area (Å²) in [6, 6.07) is 15.2. The van der Waals surface area contributed by atoms with Crippen molar-refractivity contribution in [2.75, 3.05) is 18.5 Å². The second-order valence-corrected chi connectivity index (χ2v) is 7.37. The van der Waals surface area contributed by atoms with Crippen molar-refractivity contribution in [2.45, 2.75) is 31.9 Å². The molecule has 24 heavy (non-hydrogen) atoms. The molecule has 1 N–H and O–H groups in total.